The number of hydrogen-bond acceptors (Lipinski definition) is 4. The summed E-state index contributed by atoms with van der Waals surface area (Å²) in [7, 11) is -8.85. The summed E-state index contributed by atoms with van der Waals surface area (Å²) in [4.78, 5) is 0. The molecule has 151 valence electrons. The molecule has 2 aromatic carbocycles. The second-order valence-electron chi connectivity index (χ2n) is 7.91. The van der Waals surface area contributed by atoms with Crippen LogP contribution in [0.25, 0.3) is 0 Å². The predicted octanol–water partition coefficient (Wildman–Crippen LogP) is 3.63. The molecule has 1 atom stereocenters. The largest absolute Gasteiger partial charge is 0.507 e. The van der Waals surface area contributed by atoms with Gasteiger partial charge in [-0.05, 0) is 51.0 Å². The molecule has 28 heavy (non-hydrogen) atoms. The van der Waals surface area contributed by atoms with Crippen LogP contribution in [0.5, 0.6) is 0 Å². The maximum absolute atomic E-state index is 6.87. The molecule has 0 saturated carbocycles. The van der Waals surface area contributed by atoms with Gasteiger partial charge in [-0.3, -0.25) is 0 Å². The van der Waals surface area contributed by atoms with E-state index in [4.69, 9.17) is 16.5 Å². The fraction of sp³-hybridized carbons (Fsp3) is 0.368. The highest BCUT2D eigenvalue weighted by Crippen LogP contribution is 2.20. The molecule has 2 rings (SSSR count). The Kier molecular flexibility index (Phi) is 8.79. The standard InChI is InChI=1S/C19H31O4Si5/c1-24(2)20-26(18-14-10-8-11-15-18)22-28(21-25(3)4,23-27(5,6)7)19-16-12-9-13-17-19/h8-17H,1-7H3. The van der Waals surface area contributed by atoms with E-state index in [0.717, 1.165) is 10.4 Å². The normalized spacial score (nSPS) is 14.6. The van der Waals surface area contributed by atoms with Gasteiger partial charge in [-0.1, -0.05) is 60.7 Å². The van der Waals surface area contributed by atoms with Crippen molar-refractivity contribution in [3.63, 3.8) is 0 Å². The second kappa shape index (κ2) is 10.4. The molecule has 0 heterocycles. The first-order valence-corrected chi connectivity index (χ1v) is 20.7. The Hall–Kier alpha value is -0.636. The van der Waals surface area contributed by atoms with Crippen molar-refractivity contribution < 1.29 is 16.5 Å². The molecular formula is C19H31O4Si5. The molecule has 3 radical (unpaired) electrons. The summed E-state index contributed by atoms with van der Waals surface area (Å²) in [6.07, 6.45) is 0. The van der Waals surface area contributed by atoms with Crippen molar-refractivity contribution in [3.05, 3.63) is 60.7 Å². The minimum atomic E-state index is -3.14. The summed E-state index contributed by atoms with van der Waals surface area (Å²) in [5, 5.41) is 2.11. The van der Waals surface area contributed by atoms with E-state index in [2.05, 4.69) is 70.1 Å². The van der Waals surface area contributed by atoms with E-state index < -0.39 is 44.5 Å². The lowest BCUT2D eigenvalue weighted by atomic mass is 10.4. The third-order valence-electron chi connectivity index (χ3n) is 3.44. The minimum Gasteiger partial charge on any atom is -0.432 e. The van der Waals surface area contributed by atoms with Crippen LogP contribution in [0.15, 0.2) is 60.7 Å². The van der Waals surface area contributed by atoms with Gasteiger partial charge in [-0.2, -0.15) is 0 Å². The van der Waals surface area contributed by atoms with Crippen LogP contribution < -0.4 is 10.4 Å². The molecule has 1 unspecified atom stereocenters. The van der Waals surface area contributed by atoms with Gasteiger partial charge in [0.15, 0.2) is 26.4 Å². The molecule has 4 nitrogen and oxygen atoms in total. The highest BCUT2D eigenvalue weighted by molar-refractivity contribution is 6.92. The lowest BCUT2D eigenvalue weighted by molar-refractivity contribution is 0.264. The molecule has 0 bridgehead atoms. The van der Waals surface area contributed by atoms with Crippen LogP contribution in [0.4, 0.5) is 0 Å². The zero-order valence-corrected chi connectivity index (χ0v) is 22.9. The van der Waals surface area contributed by atoms with Gasteiger partial charge >= 0.3 is 18.1 Å². The Balaban J connectivity index is 2.54. The van der Waals surface area contributed by atoms with Crippen molar-refractivity contribution in [2.75, 3.05) is 0 Å². The smallest absolute Gasteiger partial charge is 0.432 e. The molecule has 0 fully saturated rings. The van der Waals surface area contributed by atoms with Crippen molar-refractivity contribution in [2.24, 2.45) is 0 Å². The molecule has 9 heteroatoms. The molecule has 2 aromatic rings. The fourth-order valence-electron chi connectivity index (χ4n) is 2.57. The van der Waals surface area contributed by atoms with Gasteiger partial charge in [0.1, 0.15) is 0 Å². The summed E-state index contributed by atoms with van der Waals surface area (Å²) >= 11 is 0. The Labute approximate surface area is 177 Å². The maximum Gasteiger partial charge on any atom is 0.507 e. The van der Waals surface area contributed by atoms with Gasteiger partial charge in [-0.25, -0.2) is 0 Å². The van der Waals surface area contributed by atoms with Gasteiger partial charge in [-0.15, -0.1) is 0 Å². The van der Waals surface area contributed by atoms with Gasteiger partial charge in [0.05, 0.1) is 0 Å². The van der Waals surface area contributed by atoms with E-state index in [9.17, 15) is 0 Å². The fourth-order valence-corrected chi connectivity index (χ4v) is 16.0. The average molecular weight is 464 g/mol. The highest BCUT2D eigenvalue weighted by atomic mass is 28.5. The highest BCUT2D eigenvalue weighted by Gasteiger charge is 2.50. The number of rotatable bonds is 10. The van der Waals surface area contributed by atoms with Crippen molar-refractivity contribution >= 4 is 54.9 Å². The van der Waals surface area contributed by atoms with Crippen molar-refractivity contribution in [2.45, 2.75) is 45.8 Å². The van der Waals surface area contributed by atoms with Crippen LogP contribution in [0, 0.1) is 0 Å². The summed E-state index contributed by atoms with van der Waals surface area (Å²) < 4.78 is 26.7. The molecule has 0 aromatic heterocycles. The lowest BCUT2D eigenvalue weighted by Gasteiger charge is -2.38. The molecule has 0 amide bonds. The van der Waals surface area contributed by atoms with Crippen LogP contribution in [0.3, 0.4) is 0 Å². The van der Waals surface area contributed by atoms with E-state index in [1.165, 1.54) is 0 Å². The van der Waals surface area contributed by atoms with Crippen LogP contribution in [-0.2, 0) is 16.5 Å². The first-order valence-electron chi connectivity index (χ1n) is 9.45. The topological polar surface area (TPSA) is 36.9 Å². The molecule has 0 aliphatic heterocycles. The van der Waals surface area contributed by atoms with Crippen LogP contribution in [0.2, 0.25) is 45.8 Å². The second-order valence-corrected chi connectivity index (χ2v) is 21.9. The number of benzene rings is 2. The van der Waals surface area contributed by atoms with E-state index in [1.807, 2.05) is 36.4 Å². The average Bonchev–Trinajstić information content (AvgIpc) is 2.60. The van der Waals surface area contributed by atoms with Crippen molar-refractivity contribution in [1.82, 2.24) is 0 Å². The summed E-state index contributed by atoms with van der Waals surface area (Å²) in [6.45, 7) is 15.1. The summed E-state index contributed by atoms with van der Waals surface area (Å²) in [5.41, 5.74) is 0. The molecular weight excluding hydrogens is 433 g/mol. The van der Waals surface area contributed by atoms with Crippen LogP contribution in [0.1, 0.15) is 0 Å². The molecule has 0 spiro atoms. The lowest BCUT2D eigenvalue weighted by Crippen LogP contribution is -2.66. The quantitative estimate of drug-likeness (QED) is 0.504. The Bertz CT molecular complexity index is 709. The number of hydrogen-bond donors (Lipinski definition) is 0. The van der Waals surface area contributed by atoms with E-state index >= 15 is 0 Å². The minimum absolute atomic E-state index is 0.953. The maximum atomic E-state index is 6.87. The van der Waals surface area contributed by atoms with E-state index in [0.29, 0.717) is 0 Å². The molecule has 0 aliphatic rings. The van der Waals surface area contributed by atoms with Gasteiger partial charge in [0.2, 0.25) is 0 Å². The summed E-state index contributed by atoms with van der Waals surface area (Å²) in [6, 6.07) is 20.5. The Morgan fingerprint density at radius 2 is 1.21 bits per heavy atom. The first kappa shape index (κ1) is 23.6. The third kappa shape index (κ3) is 7.32. The molecule has 0 aliphatic carbocycles. The zero-order valence-electron chi connectivity index (χ0n) is 17.9. The summed E-state index contributed by atoms with van der Waals surface area (Å²) in [5.74, 6) is 0. The van der Waals surface area contributed by atoms with Crippen LogP contribution >= 0.6 is 0 Å². The van der Waals surface area contributed by atoms with Crippen molar-refractivity contribution in [3.8, 4) is 0 Å². The molecule has 0 N–H and O–H groups in total. The van der Waals surface area contributed by atoms with Gasteiger partial charge in [0.25, 0.3) is 0 Å². The van der Waals surface area contributed by atoms with E-state index in [-0.39, 0.29) is 0 Å². The Morgan fingerprint density at radius 1 is 0.679 bits per heavy atom. The SMILES string of the molecule is C[Si](C)O[Si](O[Si](O[Si](C)C)(O[Si](C)(C)C)c1ccccc1)c1ccccc1. The zero-order chi connectivity index (χ0) is 20.8. The molecule has 0 saturated heterocycles. The van der Waals surface area contributed by atoms with Gasteiger partial charge in [0, 0.05) is 5.19 Å². The third-order valence-corrected chi connectivity index (χ3v) is 15.7. The van der Waals surface area contributed by atoms with Gasteiger partial charge < -0.3 is 16.5 Å². The van der Waals surface area contributed by atoms with Crippen molar-refractivity contribution in [1.29, 1.82) is 0 Å². The van der Waals surface area contributed by atoms with Crippen LogP contribution in [-0.4, -0.2) is 44.5 Å². The monoisotopic (exact) mass is 463 g/mol. The van der Waals surface area contributed by atoms with E-state index in [1.54, 1.807) is 0 Å². The Morgan fingerprint density at radius 3 is 1.68 bits per heavy atom. The first-order chi connectivity index (χ1) is 13.1. The predicted molar refractivity (Wildman–Crippen MR) is 126 cm³/mol.